The molecule has 0 aromatic carbocycles. The van der Waals surface area contributed by atoms with Crippen LogP contribution in [0.2, 0.25) is 0 Å². The van der Waals surface area contributed by atoms with Gasteiger partial charge < -0.3 is 4.74 Å². The molecule has 5 nitrogen and oxygen atoms in total. The van der Waals surface area contributed by atoms with Crippen molar-refractivity contribution in [2.45, 2.75) is 19.3 Å². The number of nitrogens with zero attached hydrogens (tertiary/aromatic N) is 3. The van der Waals surface area contributed by atoms with E-state index in [1.165, 1.54) is 12.8 Å². The highest BCUT2D eigenvalue weighted by Crippen LogP contribution is 2.24. The lowest BCUT2D eigenvalue weighted by molar-refractivity contribution is -0.140. The molecule has 7 heteroatoms. The van der Waals surface area contributed by atoms with Crippen molar-refractivity contribution in [1.29, 1.82) is 0 Å². The molecule has 0 amide bonds. The Hall–Kier alpha value is -1.73. The van der Waals surface area contributed by atoms with Gasteiger partial charge in [-0.05, 0) is 12.8 Å². The van der Waals surface area contributed by atoms with Gasteiger partial charge in [-0.25, -0.2) is 9.97 Å². The largest absolute Gasteiger partial charge is 0.469 e. The van der Waals surface area contributed by atoms with Crippen LogP contribution in [0.4, 0.5) is 0 Å². The Morgan fingerprint density at radius 1 is 1.40 bits per heavy atom. The van der Waals surface area contributed by atoms with Crippen LogP contribution in [0.1, 0.15) is 18.5 Å². The monoisotopic (exact) mass is 307 g/mol. The fourth-order valence-electron chi connectivity index (χ4n) is 1.99. The number of carbonyl (C=O) groups excluding carboxylic acids is 1. The predicted octanol–water partition coefficient (Wildman–Crippen LogP) is 3.02. The van der Waals surface area contributed by atoms with Crippen molar-refractivity contribution in [3.8, 4) is 11.4 Å². The normalized spacial score (nSPS) is 11.1. The van der Waals surface area contributed by atoms with Crippen molar-refractivity contribution in [2.75, 3.05) is 7.11 Å². The first kappa shape index (κ1) is 13.3. The summed E-state index contributed by atoms with van der Waals surface area (Å²) in [4.78, 5) is 20.9. The summed E-state index contributed by atoms with van der Waals surface area (Å²) >= 11 is 3.17. The third-order valence-corrected chi connectivity index (χ3v) is 4.49. The number of thiazole rings is 2. The predicted molar refractivity (Wildman–Crippen MR) is 79.1 cm³/mol. The molecule has 20 heavy (non-hydrogen) atoms. The van der Waals surface area contributed by atoms with Gasteiger partial charge in [0.1, 0.15) is 11.4 Å². The number of aromatic nitrogens is 3. The van der Waals surface area contributed by atoms with E-state index in [0.29, 0.717) is 6.42 Å². The number of carbonyl (C=O) groups is 1. The summed E-state index contributed by atoms with van der Waals surface area (Å²) in [5.41, 5.74) is 4.78. The number of ether oxygens (including phenoxy) is 1. The van der Waals surface area contributed by atoms with Crippen molar-refractivity contribution in [3.05, 3.63) is 28.2 Å². The molecule has 0 saturated heterocycles. The Balaban J connectivity index is 1.77. The van der Waals surface area contributed by atoms with Gasteiger partial charge in [0, 0.05) is 29.1 Å². The molecule has 3 aromatic heterocycles. The zero-order valence-corrected chi connectivity index (χ0v) is 12.5. The molecule has 0 radical (unpaired) electrons. The third-order valence-electron chi connectivity index (χ3n) is 3.02. The molecule has 0 saturated carbocycles. The van der Waals surface area contributed by atoms with Gasteiger partial charge in [-0.15, -0.1) is 22.7 Å². The van der Waals surface area contributed by atoms with Crippen molar-refractivity contribution in [1.82, 2.24) is 14.4 Å². The minimum atomic E-state index is -0.162. The number of fused-ring (bicyclic) bond motifs is 1. The fourth-order valence-corrected chi connectivity index (χ4v) is 3.44. The maximum Gasteiger partial charge on any atom is 0.305 e. The molecule has 3 aromatic rings. The topological polar surface area (TPSA) is 56.5 Å². The summed E-state index contributed by atoms with van der Waals surface area (Å²) in [5.74, 6) is -0.162. The zero-order chi connectivity index (χ0) is 13.9. The SMILES string of the molecule is COC(=O)CCCc1csc2nc(-c3cscn3)cn12. The van der Waals surface area contributed by atoms with Crippen LogP contribution in [0.3, 0.4) is 0 Å². The smallest absolute Gasteiger partial charge is 0.305 e. The lowest BCUT2D eigenvalue weighted by Gasteiger charge is -1.99. The Kier molecular flexibility index (Phi) is 3.79. The third kappa shape index (κ3) is 2.59. The second-order valence-corrected chi connectivity index (χ2v) is 5.86. The van der Waals surface area contributed by atoms with E-state index >= 15 is 0 Å². The van der Waals surface area contributed by atoms with E-state index in [9.17, 15) is 4.79 Å². The Bertz CT molecular complexity index is 715. The van der Waals surface area contributed by atoms with Crippen molar-refractivity contribution >= 4 is 33.6 Å². The Morgan fingerprint density at radius 3 is 3.05 bits per heavy atom. The van der Waals surface area contributed by atoms with E-state index in [1.54, 1.807) is 28.2 Å². The average Bonchev–Trinajstić information content (AvgIpc) is 3.15. The first-order chi connectivity index (χ1) is 9.78. The van der Waals surface area contributed by atoms with Crippen LogP contribution in [0.5, 0.6) is 0 Å². The maximum absolute atomic E-state index is 11.1. The quantitative estimate of drug-likeness (QED) is 0.680. The van der Waals surface area contributed by atoms with Crippen LogP contribution in [-0.4, -0.2) is 27.4 Å². The number of imidazole rings is 1. The fraction of sp³-hybridized carbons (Fsp3) is 0.308. The molecule has 3 heterocycles. The van der Waals surface area contributed by atoms with E-state index in [0.717, 1.165) is 29.2 Å². The first-order valence-electron chi connectivity index (χ1n) is 6.19. The highest BCUT2D eigenvalue weighted by Gasteiger charge is 2.11. The molecular weight excluding hydrogens is 294 g/mol. The zero-order valence-electron chi connectivity index (χ0n) is 10.9. The molecule has 3 rings (SSSR count). The minimum absolute atomic E-state index is 0.162. The summed E-state index contributed by atoms with van der Waals surface area (Å²) < 4.78 is 6.73. The standard InChI is InChI=1S/C13H13N3O2S2/c1-18-12(17)4-2-3-9-6-20-13-15-10(5-16(9)13)11-7-19-8-14-11/h5-8H,2-4H2,1H3. The van der Waals surface area contributed by atoms with Crippen molar-refractivity contribution in [3.63, 3.8) is 0 Å². The average molecular weight is 307 g/mol. The number of esters is 1. The molecule has 0 aliphatic rings. The van der Waals surface area contributed by atoms with Gasteiger partial charge >= 0.3 is 5.97 Å². The van der Waals surface area contributed by atoms with Gasteiger partial charge in [-0.3, -0.25) is 9.20 Å². The van der Waals surface area contributed by atoms with E-state index in [1.807, 2.05) is 11.6 Å². The second-order valence-electron chi connectivity index (χ2n) is 4.31. The second kappa shape index (κ2) is 5.72. The van der Waals surface area contributed by atoms with Crippen LogP contribution in [0.15, 0.2) is 22.5 Å². The van der Waals surface area contributed by atoms with Gasteiger partial charge in [0.25, 0.3) is 0 Å². The number of rotatable bonds is 5. The molecule has 0 fully saturated rings. The van der Waals surface area contributed by atoms with Gasteiger partial charge in [-0.2, -0.15) is 0 Å². The number of hydrogen-bond donors (Lipinski definition) is 0. The lowest BCUT2D eigenvalue weighted by Crippen LogP contribution is -2.01. The van der Waals surface area contributed by atoms with Crippen LogP contribution in [0, 0.1) is 0 Å². The molecule has 0 aliphatic carbocycles. The van der Waals surface area contributed by atoms with E-state index in [-0.39, 0.29) is 5.97 Å². The summed E-state index contributed by atoms with van der Waals surface area (Å²) in [7, 11) is 1.42. The van der Waals surface area contributed by atoms with Gasteiger partial charge in [0.15, 0.2) is 4.96 Å². The highest BCUT2D eigenvalue weighted by atomic mass is 32.1. The summed E-state index contributed by atoms with van der Waals surface area (Å²) in [5, 5.41) is 4.08. The van der Waals surface area contributed by atoms with E-state index in [4.69, 9.17) is 0 Å². The van der Waals surface area contributed by atoms with Crippen LogP contribution >= 0.6 is 22.7 Å². The van der Waals surface area contributed by atoms with Crippen LogP contribution < -0.4 is 0 Å². The number of methoxy groups -OCH3 is 1. The molecule has 0 bridgehead atoms. The maximum atomic E-state index is 11.1. The molecule has 104 valence electrons. The summed E-state index contributed by atoms with van der Waals surface area (Å²) in [6.07, 6.45) is 4.07. The molecule has 0 N–H and O–H groups in total. The van der Waals surface area contributed by atoms with E-state index < -0.39 is 0 Å². The Morgan fingerprint density at radius 2 is 2.30 bits per heavy atom. The molecule has 0 aliphatic heterocycles. The Labute approximate surface area is 123 Å². The molecule has 0 unspecified atom stereocenters. The first-order valence-corrected chi connectivity index (χ1v) is 8.01. The molecular formula is C13H13N3O2S2. The summed E-state index contributed by atoms with van der Waals surface area (Å²) in [6, 6.07) is 0. The molecule has 0 spiro atoms. The minimum Gasteiger partial charge on any atom is -0.469 e. The van der Waals surface area contributed by atoms with Gasteiger partial charge in [0.05, 0.1) is 12.6 Å². The van der Waals surface area contributed by atoms with Gasteiger partial charge in [0.2, 0.25) is 0 Å². The van der Waals surface area contributed by atoms with Crippen LogP contribution in [0.25, 0.3) is 16.3 Å². The van der Waals surface area contributed by atoms with Crippen molar-refractivity contribution < 1.29 is 9.53 Å². The summed E-state index contributed by atoms with van der Waals surface area (Å²) in [6.45, 7) is 0. The molecule has 0 atom stereocenters. The number of hydrogen-bond acceptors (Lipinski definition) is 6. The van der Waals surface area contributed by atoms with Crippen LogP contribution in [-0.2, 0) is 16.0 Å². The highest BCUT2D eigenvalue weighted by molar-refractivity contribution is 7.15. The van der Waals surface area contributed by atoms with Crippen molar-refractivity contribution in [2.24, 2.45) is 0 Å². The van der Waals surface area contributed by atoms with E-state index in [2.05, 4.69) is 24.5 Å². The van der Waals surface area contributed by atoms with Gasteiger partial charge in [-0.1, -0.05) is 0 Å². The lowest BCUT2D eigenvalue weighted by atomic mass is 10.2. The number of aryl methyl sites for hydroxylation is 1.